The van der Waals surface area contributed by atoms with Gasteiger partial charge in [0.2, 0.25) is 0 Å². The molecule has 12 atom stereocenters. The lowest BCUT2D eigenvalue weighted by atomic mass is 9.64. The molecule has 2 nitrogen and oxygen atoms in total. The fourth-order valence-electron chi connectivity index (χ4n) is 7.81. The quantitative estimate of drug-likeness (QED) is 0.467. The Morgan fingerprint density at radius 1 is 0.529 bits per heavy atom. The molecule has 11 unspecified atom stereocenters. The second kappa shape index (κ2) is 2.12. The second-order valence-corrected chi connectivity index (χ2v) is 7.96. The Morgan fingerprint density at radius 3 is 2.12 bits per heavy atom. The first-order chi connectivity index (χ1) is 8.42. The molecule has 2 heterocycles. The third-order valence-corrected chi connectivity index (χ3v) is 7.96. The van der Waals surface area contributed by atoms with E-state index >= 15 is 0 Å². The molecule has 7 fully saturated rings. The first kappa shape index (κ1) is 8.16. The third-order valence-electron chi connectivity index (χ3n) is 7.96. The Morgan fingerprint density at radius 2 is 1.24 bits per heavy atom. The third kappa shape index (κ3) is 0.669. The Balaban J connectivity index is 1.39. The zero-order valence-electron chi connectivity index (χ0n) is 9.87. The molecule has 7 rings (SSSR count). The van der Waals surface area contributed by atoms with Gasteiger partial charge in [-0.15, -0.1) is 0 Å². The predicted octanol–water partition coefficient (Wildman–Crippen LogP) is 1.69. The van der Waals surface area contributed by atoms with Gasteiger partial charge in [-0.1, -0.05) is 0 Å². The molecular formula is C15H18O2. The maximum Gasteiger partial charge on any atom is 0.0875 e. The number of ether oxygens (including phenoxy) is 2. The van der Waals surface area contributed by atoms with Crippen molar-refractivity contribution in [1.82, 2.24) is 0 Å². The summed E-state index contributed by atoms with van der Waals surface area (Å²) < 4.78 is 11.8. The molecule has 0 amide bonds. The van der Waals surface area contributed by atoms with Crippen LogP contribution in [0.2, 0.25) is 0 Å². The van der Waals surface area contributed by atoms with E-state index in [2.05, 4.69) is 0 Å². The molecule has 0 aromatic rings. The van der Waals surface area contributed by atoms with Crippen molar-refractivity contribution in [3.63, 3.8) is 0 Å². The number of epoxide rings is 2. The van der Waals surface area contributed by atoms with Crippen LogP contribution in [0, 0.1) is 47.3 Å². The van der Waals surface area contributed by atoms with Gasteiger partial charge in [-0.05, 0) is 66.6 Å². The van der Waals surface area contributed by atoms with Crippen LogP contribution in [-0.2, 0) is 9.47 Å². The highest BCUT2D eigenvalue weighted by molar-refractivity contribution is 5.25. The Hall–Kier alpha value is -0.0800. The molecular weight excluding hydrogens is 212 g/mol. The van der Waals surface area contributed by atoms with Crippen LogP contribution in [0.4, 0.5) is 0 Å². The van der Waals surface area contributed by atoms with E-state index in [-0.39, 0.29) is 0 Å². The van der Waals surface area contributed by atoms with Crippen molar-refractivity contribution >= 4 is 0 Å². The predicted molar refractivity (Wildman–Crippen MR) is 59.1 cm³/mol. The van der Waals surface area contributed by atoms with Crippen molar-refractivity contribution in [3.8, 4) is 0 Å². The summed E-state index contributed by atoms with van der Waals surface area (Å²) in [7, 11) is 0. The van der Waals surface area contributed by atoms with Crippen LogP contribution in [0.3, 0.4) is 0 Å². The van der Waals surface area contributed by atoms with Crippen molar-refractivity contribution in [2.24, 2.45) is 47.3 Å². The molecule has 7 aliphatic rings. The first-order valence-corrected chi connectivity index (χ1v) is 7.73. The summed E-state index contributed by atoms with van der Waals surface area (Å²) in [6.07, 6.45) is 7.40. The largest absolute Gasteiger partial charge is 0.369 e. The van der Waals surface area contributed by atoms with Crippen molar-refractivity contribution in [2.45, 2.75) is 43.7 Å². The number of fused-ring (bicyclic) bond motifs is 17. The zero-order valence-corrected chi connectivity index (χ0v) is 9.87. The second-order valence-electron chi connectivity index (χ2n) is 7.96. The summed E-state index contributed by atoms with van der Waals surface area (Å²) in [6.45, 7) is 0. The molecule has 17 heavy (non-hydrogen) atoms. The lowest BCUT2D eigenvalue weighted by Gasteiger charge is -2.40. The van der Waals surface area contributed by atoms with E-state index in [9.17, 15) is 0 Å². The molecule has 0 aromatic carbocycles. The van der Waals surface area contributed by atoms with E-state index < -0.39 is 0 Å². The van der Waals surface area contributed by atoms with E-state index in [1.807, 2.05) is 0 Å². The highest BCUT2D eigenvalue weighted by Crippen LogP contribution is 2.77. The van der Waals surface area contributed by atoms with E-state index in [4.69, 9.17) is 9.47 Å². The molecule has 4 bridgehead atoms. The van der Waals surface area contributed by atoms with Crippen molar-refractivity contribution in [2.75, 3.05) is 0 Å². The smallest absolute Gasteiger partial charge is 0.0875 e. The molecule has 5 aliphatic carbocycles. The van der Waals surface area contributed by atoms with Gasteiger partial charge in [-0.25, -0.2) is 0 Å². The maximum absolute atomic E-state index is 5.93. The number of hydrogen-bond donors (Lipinski definition) is 0. The van der Waals surface area contributed by atoms with Crippen LogP contribution in [0.1, 0.15) is 19.3 Å². The van der Waals surface area contributed by atoms with Gasteiger partial charge in [0.1, 0.15) is 0 Å². The Kier molecular flexibility index (Phi) is 1.02. The molecule has 0 aromatic heterocycles. The lowest BCUT2D eigenvalue weighted by Crippen LogP contribution is -2.40. The average Bonchev–Trinajstić information content (AvgIpc) is 3.01. The lowest BCUT2D eigenvalue weighted by molar-refractivity contribution is 0.0447. The van der Waals surface area contributed by atoms with Gasteiger partial charge in [-0.2, -0.15) is 0 Å². The zero-order chi connectivity index (χ0) is 10.5. The molecule has 90 valence electrons. The monoisotopic (exact) mass is 230 g/mol. The molecule has 0 radical (unpaired) electrons. The summed E-state index contributed by atoms with van der Waals surface area (Å²) in [4.78, 5) is 0. The van der Waals surface area contributed by atoms with Gasteiger partial charge in [0.15, 0.2) is 0 Å². The minimum atomic E-state index is 0.706. The summed E-state index contributed by atoms with van der Waals surface area (Å²) in [5.41, 5.74) is 0. The SMILES string of the molecule is C1C2OC2C2C1C1CC2C2C3C[C@@H](C4OC34)C12. The molecule has 2 heteroatoms. The Labute approximate surface area is 101 Å². The first-order valence-electron chi connectivity index (χ1n) is 7.73. The topological polar surface area (TPSA) is 25.1 Å². The number of rotatable bonds is 0. The summed E-state index contributed by atoms with van der Waals surface area (Å²) in [6, 6.07) is 0. The fourth-order valence-corrected chi connectivity index (χ4v) is 7.81. The molecule has 2 aliphatic heterocycles. The van der Waals surface area contributed by atoms with Gasteiger partial charge < -0.3 is 9.47 Å². The van der Waals surface area contributed by atoms with Crippen LogP contribution < -0.4 is 0 Å². The minimum Gasteiger partial charge on any atom is -0.369 e. The van der Waals surface area contributed by atoms with Gasteiger partial charge in [0.05, 0.1) is 24.4 Å². The van der Waals surface area contributed by atoms with Gasteiger partial charge in [0, 0.05) is 0 Å². The van der Waals surface area contributed by atoms with Crippen molar-refractivity contribution < 1.29 is 9.47 Å². The van der Waals surface area contributed by atoms with Crippen molar-refractivity contribution in [1.29, 1.82) is 0 Å². The van der Waals surface area contributed by atoms with Crippen LogP contribution in [0.15, 0.2) is 0 Å². The Bertz CT molecular complexity index is 448. The summed E-state index contributed by atoms with van der Waals surface area (Å²) in [5, 5.41) is 0. The highest BCUT2D eigenvalue weighted by Gasteiger charge is 2.78. The highest BCUT2D eigenvalue weighted by atomic mass is 16.6. The molecule has 2 saturated heterocycles. The van der Waals surface area contributed by atoms with E-state index in [0.29, 0.717) is 12.2 Å². The average molecular weight is 230 g/mol. The van der Waals surface area contributed by atoms with Crippen LogP contribution in [0.25, 0.3) is 0 Å². The summed E-state index contributed by atoms with van der Waals surface area (Å²) >= 11 is 0. The normalized spacial score (nSPS) is 83.3. The molecule has 0 N–H and O–H groups in total. The minimum absolute atomic E-state index is 0.706. The van der Waals surface area contributed by atoms with Crippen LogP contribution in [-0.4, -0.2) is 24.4 Å². The maximum atomic E-state index is 5.93. The van der Waals surface area contributed by atoms with Gasteiger partial charge >= 0.3 is 0 Å². The fraction of sp³-hybridized carbons (Fsp3) is 1.00. The summed E-state index contributed by atoms with van der Waals surface area (Å²) in [5.74, 6) is 8.32. The van der Waals surface area contributed by atoms with Crippen molar-refractivity contribution in [3.05, 3.63) is 0 Å². The van der Waals surface area contributed by atoms with E-state index in [0.717, 1.165) is 59.6 Å². The van der Waals surface area contributed by atoms with Crippen LogP contribution in [0.5, 0.6) is 0 Å². The van der Waals surface area contributed by atoms with Crippen LogP contribution >= 0.6 is 0 Å². The van der Waals surface area contributed by atoms with Gasteiger partial charge in [0.25, 0.3) is 0 Å². The van der Waals surface area contributed by atoms with Gasteiger partial charge in [-0.3, -0.25) is 0 Å². The molecule has 0 spiro atoms. The van der Waals surface area contributed by atoms with E-state index in [1.54, 1.807) is 6.42 Å². The molecule has 5 saturated carbocycles. The standard InChI is InChI=1S/C15H18O2/c1-4-5-3-9-15(16-9)12(5)6(1)11-8-2-7(10(4)11)13-14(8)17-13/h4-15H,1-3H2/t4?,5?,6?,7-,8?,9?,10?,11?,12?,13?,14?,15?/m1/s1. The number of hydrogen-bond acceptors (Lipinski definition) is 2. The van der Waals surface area contributed by atoms with E-state index in [1.165, 1.54) is 12.8 Å².